The summed E-state index contributed by atoms with van der Waals surface area (Å²) in [7, 11) is -3.32. The minimum absolute atomic E-state index is 0.0677. The molecule has 1 aliphatic rings. The number of aliphatic hydroxyl groups excluding tert-OH is 1. The van der Waals surface area contributed by atoms with Crippen molar-refractivity contribution in [2.24, 2.45) is 0 Å². The summed E-state index contributed by atoms with van der Waals surface area (Å²) in [6.07, 6.45) is 3.06. The summed E-state index contributed by atoms with van der Waals surface area (Å²) in [6.45, 7) is 0. The lowest BCUT2D eigenvalue weighted by Crippen LogP contribution is -2.15. The Kier molecular flexibility index (Phi) is 2.44. The van der Waals surface area contributed by atoms with Crippen molar-refractivity contribution in [3.05, 3.63) is 35.4 Å². The monoisotopic (exact) mass is 237 g/mol. The summed E-state index contributed by atoms with van der Waals surface area (Å²) >= 11 is 0. The van der Waals surface area contributed by atoms with Crippen LogP contribution in [0.4, 0.5) is 0 Å². The normalized spacial score (nSPS) is 19.6. The van der Waals surface area contributed by atoms with E-state index in [1.54, 1.807) is 18.2 Å². The van der Waals surface area contributed by atoms with E-state index in [2.05, 4.69) is 0 Å². The maximum absolute atomic E-state index is 11.5. The fourth-order valence-corrected chi connectivity index (χ4v) is 2.64. The topological polar surface area (TPSA) is 78.2 Å². The van der Waals surface area contributed by atoms with Crippen LogP contribution in [0.5, 0.6) is 0 Å². The molecule has 1 aromatic carbocycles. The number of fused-ring (bicyclic) bond motifs is 1. The van der Waals surface area contributed by atoms with Gasteiger partial charge in [0.1, 0.15) is 6.10 Å². The molecule has 1 aliphatic carbocycles. The molecule has 0 amide bonds. The van der Waals surface area contributed by atoms with Crippen LogP contribution in [-0.2, 0) is 9.84 Å². The smallest absolute Gasteiger partial charge is 0.176 e. The molecule has 0 spiro atoms. The molecule has 1 atom stereocenters. The Morgan fingerprint density at radius 3 is 2.62 bits per heavy atom. The quantitative estimate of drug-likeness (QED) is 0.769. The van der Waals surface area contributed by atoms with Gasteiger partial charge in [-0.25, -0.2) is 8.42 Å². The average molecular weight is 237 g/mol. The van der Waals surface area contributed by atoms with Crippen molar-refractivity contribution in [3.8, 4) is 0 Å². The third-order valence-electron chi connectivity index (χ3n) is 2.52. The van der Waals surface area contributed by atoms with Gasteiger partial charge < -0.3 is 10.5 Å². The van der Waals surface area contributed by atoms with Crippen molar-refractivity contribution in [1.82, 2.24) is 0 Å². The molecule has 0 bridgehead atoms. The predicted octanol–water partition coefficient (Wildman–Crippen LogP) is 1.17. The number of benzene rings is 1. The van der Waals surface area contributed by atoms with E-state index >= 15 is 0 Å². The van der Waals surface area contributed by atoms with E-state index in [9.17, 15) is 13.5 Å². The largest absolute Gasteiger partial charge is 0.382 e. The van der Waals surface area contributed by atoms with E-state index in [0.29, 0.717) is 11.1 Å². The molecule has 0 heterocycles. The Labute approximate surface area is 93.7 Å². The molecule has 84 valence electrons. The number of nitrogens with one attached hydrogen (secondary N) is 1. The summed E-state index contributed by atoms with van der Waals surface area (Å²) in [4.78, 5) is 0.188. The van der Waals surface area contributed by atoms with Crippen molar-refractivity contribution in [2.45, 2.75) is 11.0 Å². The van der Waals surface area contributed by atoms with Crippen molar-refractivity contribution in [2.75, 3.05) is 6.26 Å². The maximum Gasteiger partial charge on any atom is 0.176 e. The van der Waals surface area contributed by atoms with Crippen LogP contribution in [-0.4, -0.2) is 25.5 Å². The van der Waals surface area contributed by atoms with Gasteiger partial charge in [-0.3, -0.25) is 0 Å². The molecule has 5 heteroatoms. The molecule has 0 saturated carbocycles. The summed E-state index contributed by atoms with van der Waals surface area (Å²) < 4.78 is 23.0. The highest BCUT2D eigenvalue weighted by molar-refractivity contribution is 7.90. The van der Waals surface area contributed by atoms with E-state index in [1.807, 2.05) is 0 Å². The summed E-state index contributed by atoms with van der Waals surface area (Å²) in [5.74, 6) is 0. The van der Waals surface area contributed by atoms with Gasteiger partial charge >= 0.3 is 0 Å². The second kappa shape index (κ2) is 3.54. The van der Waals surface area contributed by atoms with Crippen LogP contribution in [0.3, 0.4) is 0 Å². The van der Waals surface area contributed by atoms with Gasteiger partial charge in [-0.1, -0.05) is 18.2 Å². The molecule has 16 heavy (non-hydrogen) atoms. The van der Waals surface area contributed by atoms with E-state index in [1.165, 1.54) is 12.1 Å². The van der Waals surface area contributed by atoms with Gasteiger partial charge in [-0.2, -0.15) is 0 Å². The molecule has 0 radical (unpaired) electrons. The lowest BCUT2D eigenvalue weighted by molar-refractivity contribution is 0.246. The van der Waals surface area contributed by atoms with Crippen LogP contribution in [0, 0.1) is 5.41 Å². The summed E-state index contributed by atoms with van der Waals surface area (Å²) in [5, 5.41) is 17.2. The standard InChI is InChI=1S/C11H11NO3S/c1-16(14,15)10-4-2-3-8-7(10)5-6-9(12)11(8)13/h2-6,11-13H,1H3. The Hall–Kier alpha value is -1.46. The first-order valence-corrected chi connectivity index (χ1v) is 6.58. The van der Waals surface area contributed by atoms with Gasteiger partial charge in [-0.15, -0.1) is 0 Å². The van der Waals surface area contributed by atoms with E-state index in [0.717, 1.165) is 6.26 Å². The highest BCUT2D eigenvalue weighted by atomic mass is 32.2. The minimum atomic E-state index is -3.32. The highest BCUT2D eigenvalue weighted by Crippen LogP contribution is 2.30. The van der Waals surface area contributed by atoms with Crippen LogP contribution in [0.1, 0.15) is 17.2 Å². The van der Waals surface area contributed by atoms with Crippen LogP contribution in [0.25, 0.3) is 6.08 Å². The van der Waals surface area contributed by atoms with Crippen molar-refractivity contribution in [3.63, 3.8) is 0 Å². The molecule has 0 aliphatic heterocycles. The van der Waals surface area contributed by atoms with E-state index < -0.39 is 15.9 Å². The molecule has 1 unspecified atom stereocenters. The van der Waals surface area contributed by atoms with Gasteiger partial charge in [-0.05, 0) is 23.3 Å². The predicted molar refractivity (Wildman–Crippen MR) is 61.3 cm³/mol. The third kappa shape index (κ3) is 1.68. The molecule has 0 aromatic heterocycles. The van der Waals surface area contributed by atoms with Crippen molar-refractivity contribution >= 4 is 21.6 Å². The Morgan fingerprint density at radius 2 is 2.00 bits per heavy atom. The fourth-order valence-electron chi connectivity index (χ4n) is 1.73. The van der Waals surface area contributed by atoms with Crippen molar-refractivity contribution < 1.29 is 13.5 Å². The van der Waals surface area contributed by atoms with Crippen molar-refractivity contribution in [1.29, 1.82) is 5.41 Å². The van der Waals surface area contributed by atoms with E-state index in [4.69, 9.17) is 5.41 Å². The molecule has 0 fully saturated rings. The lowest BCUT2D eigenvalue weighted by Gasteiger charge is -2.19. The van der Waals surface area contributed by atoms with E-state index in [-0.39, 0.29) is 10.6 Å². The first-order chi connectivity index (χ1) is 7.41. The zero-order valence-electron chi connectivity index (χ0n) is 8.64. The summed E-state index contributed by atoms with van der Waals surface area (Å²) in [6, 6.07) is 4.71. The van der Waals surface area contributed by atoms with Crippen LogP contribution in [0.2, 0.25) is 0 Å². The van der Waals surface area contributed by atoms with Crippen LogP contribution >= 0.6 is 0 Å². The Morgan fingerprint density at radius 1 is 1.31 bits per heavy atom. The van der Waals surface area contributed by atoms with Gasteiger partial charge in [0.25, 0.3) is 0 Å². The number of hydrogen-bond donors (Lipinski definition) is 2. The van der Waals surface area contributed by atoms with Gasteiger partial charge in [0.05, 0.1) is 10.6 Å². The SMILES string of the molecule is CS(=O)(=O)c1cccc2c1C=CC(=N)C2O. The molecule has 2 rings (SSSR count). The van der Waals surface area contributed by atoms with Crippen LogP contribution in [0.15, 0.2) is 29.2 Å². The first-order valence-electron chi connectivity index (χ1n) is 4.69. The summed E-state index contributed by atoms with van der Waals surface area (Å²) in [5.41, 5.74) is 1.02. The third-order valence-corrected chi connectivity index (χ3v) is 3.67. The Balaban J connectivity index is 2.75. The van der Waals surface area contributed by atoms with Crippen LogP contribution < -0.4 is 0 Å². The zero-order valence-corrected chi connectivity index (χ0v) is 9.45. The molecule has 0 saturated heterocycles. The highest BCUT2D eigenvalue weighted by Gasteiger charge is 2.23. The number of sulfone groups is 1. The second-order valence-corrected chi connectivity index (χ2v) is 5.71. The first kappa shape index (κ1) is 11.0. The molecular formula is C11H11NO3S. The van der Waals surface area contributed by atoms with Gasteiger partial charge in [0, 0.05) is 6.26 Å². The lowest BCUT2D eigenvalue weighted by atomic mass is 9.94. The number of hydrogen-bond acceptors (Lipinski definition) is 4. The van der Waals surface area contributed by atoms with Gasteiger partial charge in [0.2, 0.25) is 0 Å². The molecular weight excluding hydrogens is 226 g/mol. The second-order valence-electron chi connectivity index (χ2n) is 3.72. The maximum atomic E-state index is 11.5. The fraction of sp³-hybridized carbons (Fsp3) is 0.182. The number of aliphatic hydroxyl groups is 1. The number of rotatable bonds is 1. The van der Waals surface area contributed by atoms with Gasteiger partial charge in [0.15, 0.2) is 9.84 Å². The minimum Gasteiger partial charge on any atom is -0.382 e. The average Bonchev–Trinajstić information content (AvgIpc) is 2.21. The Bertz CT molecular complexity index is 587. The molecule has 2 N–H and O–H groups in total. The molecule has 1 aromatic rings. The zero-order chi connectivity index (χ0) is 11.9. The molecule has 4 nitrogen and oxygen atoms in total.